The van der Waals surface area contributed by atoms with Gasteiger partial charge in [-0.2, -0.15) is 0 Å². The minimum absolute atomic E-state index is 0.0316. The number of carbonyl (C=O) groups excluding carboxylic acids is 1. The van der Waals surface area contributed by atoms with Crippen LogP contribution in [0.1, 0.15) is 157 Å². The molecule has 0 bridgehead atoms. The molecule has 3 fully saturated rings. The minimum Gasteiger partial charge on any atom is -0.493 e. The number of allylic oxidation sites excluding steroid dienone is 1. The molecule has 0 aromatic carbocycles. The Hall–Kier alpha value is -1.84. The first-order valence-corrected chi connectivity index (χ1v) is 19.6. The van der Waals surface area contributed by atoms with Crippen molar-refractivity contribution in [3.63, 3.8) is 0 Å². The molecule has 4 nitrogen and oxygen atoms in total. The van der Waals surface area contributed by atoms with Crippen molar-refractivity contribution in [1.82, 2.24) is 4.98 Å². The molecule has 3 saturated carbocycles. The quantitative estimate of drug-likeness (QED) is 0.0973. The van der Waals surface area contributed by atoms with Gasteiger partial charge in [-0.3, -0.25) is 9.78 Å². The van der Waals surface area contributed by atoms with Gasteiger partial charge in [0.15, 0.2) is 0 Å². The lowest BCUT2D eigenvalue weighted by Gasteiger charge is -2.58. The Bertz CT molecular complexity index is 1120. The molecule has 1 unspecified atom stereocenters. The highest BCUT2D eigenvalue weighted by Gasteiger charge is 2.59. The van der Waals surface area contributed by atoms with E-state index in [0.717, 1.165) is 80.0 Å². The fourth-order valence-electron chi connectivity index (χ4n) is 10.9. The Kier molecular flexibility index (Phi) is 12.7. The lowest BCUT2D eigenvalue weighted by Crippen LogP contribution is -2.51. The molecule has 1 heterocycles. The summed E-state index contributed by atoms with van der Waals surface area (Å²) >= 11 is 0. The number of unbranched alkanes of at least 4 members (excludes halogenated alkanes) is 6. The van der Waals surface area contributed by atoms with Crippen LogP contribution in [-0.4, -0.2) is 23.7 Å². The minimum atomic E-state index is 0.0316. The summed E-state index contributed by atoms with van der Waals surface area (Å²) in [6.45, 7) is 13.4. The first kappa shape index (κ1) is 35.5. The van der Waals surface area contributed by atoms with Crippen LogP contribution in [0.4, 0.5) is 0 Å². The highest BCUT2D eigenvalue weighted by molar-refractivity contribution is 5.69. The van der Waals surface area contributed by atoms with E-state index < -0.39 is 0 Å². The van der Waals surface area contributed by atoms with Gasteiger partial charge >= 0.3 is 5.97 Å². The lowest BCUT2D eigenvalue weighted by molar-refractivity contribution is -0.151. The van der Waals surface area contributed by atoms with Crippen LogP contribution in [-0.2, 0) is 9.53 Å². The van der Waals surface area contributed by atoms with Gasteiger partial charge in [0.2, 0.25) is 0 Å². The molecule has 0 radical (unpaired) electrons. The second-order valence-corrected chi connectivity index (χ2v) is 16.9. The summed E-state index contributed by atoms with van der Waals surface area (Å²) in [7, 11) is 0. The average Bonchev–Trinajstić information content (AvgIpc) is 3.40. The Balaban J connectivity index is 0.994. The van der Waals surface area contributed by atoms with Gasteiger partial charge in [0.25, 0.3) is 0 Å². The van der Waals surface area contributed by atoms with Gasteiger partial charge in [0, 0.05) is 25.2 Å². The van der Waals surface area contributed by atoms with Gasteiger partial charge in [0.05, 0.1) is 6.61 Å². The van der Waals surface area contributed by atoms with E-state index in [0.29, 0.717) is 17.3 Å². The molecule has 4 aliphatic carbocycles. The van der Waals surface area contributed by atoms with Crippen molar-refractivity contribution < 1.29 is 14.3 Å². The summed E-state index contributed by atoms with van der Waals surface area (Å²) in [6, 6.07) is 3.81. The van der Waals surface area contributed by atoms with Crippen LogP contribution in [0.15, 0.2) is 36.2 Å². The van der Waals surface area contributed by atoms with Crippen molar-refractivity contribution in [3.05, 3.63) is 36.2 Å². The van der Waals surface area contributed by atoms with E-state index >= 15 is 0 Å². The number of aromatic nitrogens is 1. The molecule has 1 aromatic rings. The Labute approximate surface area is 282 Å². The first-order valence-electron chi connectivity index (χ1n) is 19.6. The smallest absolute Gasteiger partial charge is 0.306 e. The fraction of sp³-hybridized carbons (Fsp3) is 0.810. The molecular weight excluding hydrogens is 566 g/mol. The molecule has 0 amide bonds. The Morgan fingerprint density at radius 2 is 1.61 bits per heavy atom. The normalized spacial score (nSPS) is 32.7. The molecule has 258 valence electrons. The second-order valence-electron chi connectivity index (χ2n) is 16.9. The summed E-state index contributed by atoms with van der Waals surface area (Å²) in [5.74, 6) is 6.14. The van der Waals surface area contributed by atoms with E-state index in [2.05, 4.69) is 45.7 Å². The highest BCUT2D eigenvalue weighted by Crippen LogP contribution is 2.67. The lowest BCUT2D eigenvalue weighted by atomic mass is 9.47. The number of fused-ring (bicyclic) bond motifs is 5. The monoisotopic (exact) mass is 634 g/mol. The number of hydrogen-bond acceptors (Lipinski definition) is 4. The summed E-state index contributed by atoms with van der Waals surface area (Å²) in [5, 5.41) is 0. The Morgan fingerprint density at radius 3 is 2.37 bits per heavy atom. The van der Waals surface area contributed by atoms with Crippen LogP contribution in [0.2, 0.25) is 0 Å². The molecule has 5 rings (SSSR count). The second kappa shape index (κ2) is 16.5. The molecule has 4 aliphatic rings. The largest absolute Gasteiger partial charge is 0.493 e. The zero-order valence-electron chi connectivity index (χ0n) is 30.2. The number of hydrogen-bond donors (Lipinski definition) is 0. The number of esters is 1. The van der Waals surface area contributed by atoms with Crippen LogP contribution >= 0.6 is 0 Å². The summed E-state index contributed by atoms with van der Waals surface area (Å²) < 4.78 is 11.9. The summed E-state index contributed by atoms with van der Waals surface area (Å²) in [6.07, 6.45) is 29.3. The van der Waals surface area contributed by atoms with Crippen LogP contribution in [0.5, 0.6) is 5.75 Å². The molecule has 46 heavy (non-hydrogen) atoms. The third kappa shape index (κ3) is 8.59. The highest BCUT2D eigenvalue weighted by atomic mass is 16.5. The third-order valence-electron chi connectivity index (χ3n) is 13.5. The molecular formula is C42H67NO3. The SMILES string of the molecule is CC(C)CCC[C@@H](C)[C@H]1CC[C@H]2[C@@H]3CC=C4CC(OC(=O)CCCCCCCCCOc5ccncc5)CC[C@]4(C)[C@H]3CC[C@]12C. The third-order valence-corrected chi connectivity index (χ3v) is 13.5. The maximum Gasteiger partial charge on any atom is 0.306 e. The zero-order chi connectivity index (χ0) is 32.6. The summed E-state index contributed by atoms with van der Waals surface area (Å²) in [4.78, 5) is 16.8. The van der Waals surface area contributed by atoms with E-state index in [-0.39, 0.29) is 12.1 Å². The molecule has 8 atom stereocenters. The van der Waals surface area contributed by atoms with Gasteiger partial charge in [-0.15, -0.1) is 0 Å². The van der Waals surface area contributed by atoms with Crippen molar-refractivity contribution in [3.8, 4) is 5.75 Å². The number of nitrogens with zero attached hydrogens (tertiary/aromatic N) is 1. The van der Waals surface area contributed by atoms with E-state index in [9.17, 15) is 4.79 Å². The van der Waals surface area contributed by atoms with Crippen LogP contribution in [0.3, 0.4) is 0 Å². The molecule has 1 aromatic heterocycles. The maximum atomic E-state index is 12.8. The zero-order valence-corrected chi connectivity index (χ0v) is 30.2. The van der Waals surface area contributed by atoms with Gasteiger partial charge in [-0.05, 0) is 116 Å². The van der Waals surface area contributed by atoms with Crippen LogP contribution in [0, 0.1) is 46.3 Å². The number of pyridine rings is 1. The molecule has 0 spiro atoms. The molecule has 4 heteroatoms. The maximum absolute atomic E-state index is 12.8. The molecule has 0 N–H and O–H groups in total. The molecule has 0 aliphatic heterocycles. The van der Waals surface area contributed by atoms with Gasteiger partial charge < -0.3 is 9.47 Å². The molecule has 0 saturated heterocycles. The average molecular weight is 634 g/mol. The van der Waals surface area contributed by atoms with Crippen molar-refractivity contribution in [2.45, 2.75) is 163 Å². The van der Waals surface area contributed by atoms with Gasteiger partial charge in [-0.25, -0.2) is 0 Å². The first-order chi connectivity index (χ1) is 22.2. The van der Waals surface area contributed by atoms with Gasteiger partial charge in [0.1, 0.15) is 11.9 Å². The standard InChI is InChI=1S/C42H67NO3/c1-31(2)14-13-15-32(3)37-19-20-38-36-18-17-33-30-35(21-25-41(33,4)39(36)22-26-42(37,38)5)46-40(44)16-11-9-7-6-8-10-12-29-45-34-23-27-43-28-24-34/h17,23-24,27-28,31-32,35-39H,6-16,18-22,25-26,29-30H2,1-5H3/t32-,35?,36+,37-,38+,39+,41+,42-/m1/s1. The van der Waals surface area contributed by atoms with E-state index in [1.807, 2.05) is 12.1 Å². The van der Waals surface area contributed by atoms with Crippen molar-refractivity contribution in [1.29, 1.82) is 0 Å². The number of carbonyl (C=O) groups is 1. The van der Waals surface area contributed by atoms with Gasteiger partial charge in [-0.1, -0.05) is 97.6 Å². The topological polar surface area (TPSA) is 48.4 Å². The van der Waals surface area contributed by atoms with Crippen LogP contribution < -0.4 is 4.74 Å². The van der Waals surface area contributed by atoms with Crippen molar-refractivity contribution >= 4 is 5.97 Å². The predicted molar refractivity (Wildman–Crippen MR) is 190 cm³/mol. The Morgan fingerprint density at radius 1 is 0.870 bits per heavy atom. The van der Waals surface area contributed by atoms with Crippen LogP contribution in [0.25, 0.3) is 0 Å². The summed E-state index contributed by atoms with van der Waals surface area (Å²) in [5.41, 5.74) is 2.49. The predicted octanol–water partition coefficient (Wildman–Crippen LogP) is 11.5. The van der Waals surface area contributed by atoms with E-state index in [4.69, 9.17) is 9.47 Å². The number of rotatable bonds is 17. The van der Waals surface area contributed by atoms with E-state index in [1.165, 1.54) is 83.5 Å². The number of ether oxygens (including phenoxy) is 2. The van der Waals surface area contributed by atoms with Crippen molar-refractivity contribution in [2.75, 3.05) is 6.61 Å². The van der Waals surface area contributed by atoms with E-state index in [1.54, 1.807) is 18.0 Å². The van der Waals surface area contributed by atoms with Crippen molar-refractivity contribution in [2.24, 2.45) is 46.3 Å². The fourth-order valence-corrected chi connectivity index (χ4v) is 10.9.